The molecule has 0 aliphatic rings. The van der Waals surface area contributed by atoms with Gasteiger partial charge in [-0.15, -0.1) is 11.3 Å². The van der Waals surface area contributed by atoms with Crippen molar-refractivity contribution in [2.45, 2.75) is 0 Å². The summed E-state index contributed by atoms with van der Waals surface area (Å²) in [5.74, 6) is 0.665. The molecule has 0 N–H and O–H groups in total. The van der Waals surface area contributed by atoms with Gasteiger partial charge in [0.2, 0.25) is 0 Å². The fourth-order valence-corrected chi connectivity index (χ4v) is 2.17. The Morgan fingerprint density at radius 2 is 1.93 bits per heavy atom. The Hall–Kier alpha value is -1.88. The summed E-state index contributed by atoms with van der Waals surface area (Å²) >= 11 is 1.57. The van der Waals surface area contributed by atoms with Crippen molar-refractivity contribution in [2.24, 2.45) is 0 Å². The lowest BCUT2D eigenvalue weighted by Crippen LogP contribution is -1.84. The van der Waals surface area contributed by atoms with Crippen molar-refractivity contribution >= 4 is 21.6 Å². The molecule has 0 unspecified atom stereocenters. The van der Waals surface area contributed by atoms with Crippen LogP contribution in [0.3, 0.4) is 0 Å². The Morgan fingerprint density at radius 1 is 1.07 bits per heavy atom. The Balaban J connectivity index is 2.21. The molecule has 0 saturated carbocycles. The van der Waals surface area contributed by atoms with E-state index in [0.29, 0.717) is 5.82 Å². The second kappa shape index (κ2) is 3.36. The lowest BCUT2D eigenvalue weighted by Gasteiger charge is -1.89. The van der Waals surface area contributed by atoms with Gasteiger partial charge in [0.25, 0.3) is 0 Å². The first-order valence-corrected chi connectivity index (χ1v) is 5.23. The van der Waals surface area contributed by atoms with E-state index in [-0.39, 0.29) is 0 Å². The highest BCUT2D eigenvalue weighted by Gasteiger charge is 2.07. The van der Waals surface area contributed by atoms with Crippen LogP contribution in [0.2, 0.25) is 0 Å². The summed E-state index contributed by atoms with van der Waals surface area (Å²) in [7, 11) is 0. The molecule has 0 fully saturated rings. The second-order valence-corrected chi connectivity index (χ2v) is 3.97. The first-order chi connectivity index (χ1) is 7.43. The van der Waals surface area contributed by atoms with Crippen molar-refractivity contribution in [3.8, 4) is 10.8 Å². The first kappa shape index (κ1) is 8.43. The summed E-state index contributed by atoms with van der Waals surface area (Å²) in [6, 6.07) is 3.73. The third-order valence-electron chi connectivity index (χ3n) is 1.95. The van der Waals surface area contributed by atoms with Crippen molar-refractivity contribution in [1.82, 2.24) is 19.9 Å². The number of nitrogens with zero attached hydrogens (tertiary/aromatic N) is 4. The van der Waals surface area contributed by atoms with E-state index in [1.54, 1.807) is 42.2 Å². The number of pyridine rings is 1. The van der Waals surface area contributed by atoms with E-state index in [2.05, 4.69) is 19.9 Å². The smallest absolute Gasteiger partial charge is 0.188 e. The summed E-state index contributed by atoms with van der Waals surface area (Å²) < 4.78 is 1.10. The van der Waals surface area contributed by atoms with Gasteiger partial charge in [0.05, 0.1) is 10.9 Å². The zero-order chi connectivity index (χ0) is 10.1. The largest absolute Gasteiger partial charge is 0.262 e. The van der Waals surface area contributed by atoms with Crippen LogP contribution in [-0.4, -0.2) is 19.9 Å². The van der Waals surface area contributed by atoms with E-state index >= 15 is 0 Å². The molecule has 0 atom stereocenters. The van der Waals surface area contributed by atoms with Gasteiger partial charge in [-0.1, -0.05) is 0 Å². The van der Waals surface area contributed by atoms with Crippen LogP contribution < -0.4 is 0 Å². The molecule has 0 aromatic carbocycles. The molecule has 72 valence electrons. The summed E-state index contributed by atoms with van der Waals surface area (Å²) in [4.78, 5) is 16.8. The van der Waals surface area contributed by atoms with E-state index in [1.807, 2.05) is 6.07 Å². The average molecular weight is 214 g/mol. The van der Waals surface area contributed by atoms with E-state index in [1.165, 1.54) is 0 Å². The zero-order valence-corrected chi connectivity index (χ0v) is 8.48. The topological polar surface area (TPSA) is 51.6 Å². The molecule has 4 nitrogen and oxygen atoms in total. The molecule has 0 spiro atoms. The number of aromatic nitrogens is 4. The molecule has 0 radical (unpaired) electrons. The van der Waals surface area contributed by atoms with E-state index < -0.39 is 0 Å². The van der Waals surface area contributed by atoms with Gasteiger partial charge in [-0.25, -0.2) is 15.0 Å². The highest BCUT2D eigenvalue weighted by molar-refractivity contribution is 7.21. The van der Waals surface area contributed by atoms with Gasteiger partial charge in [0.1, 0.15) is 5.52 Å². The molecule has 3 aromatic rings. The Morgan fingerprint density at radius 3 is 2.73 bits per heavy atom. The fraction of sp³-hybridized carbons (Fsp3) is 0. The molecule has 0 bridgehead atoms. The fourth-order valence-electron chi connectivity index (χ4n) is 1.29. The van der Waals surface area contributed by atoms with Gasteiger partial charge in [0, 0.05) is 18.6 Å². The van der Waals surface area contributed by atoms with Crippen molar-refractivity contribution < 1.29 is 0 Å². The summed E-state index contributed by atoms with van der Waals surface area (Å²) in [6.45, 7) is 0. The standard InChI is InChI=1S/C10H6N4S/c1-3-12-9(13-4-1)10-14-7-6-11-5-2-8(7)15-10/h1-6H. The van der Waals surface area contributed by atoms with Crippen molar-refractivity contribution in [2.75, 3.05) is 0 Å². The van der Waals surface area contributed by atoms with Crippen molar-refractivity contribution in [1.29, 1.82) is 0 Å². The molecular weight excluding hydrogens is 208 g/mol. The number of thiazole rings is 1. The number of hydrogen-bond acceptors (Lipinski definition) is 5. The minimum absolute atomic E-state index is 0.665. The lowest BCUT2D eigenvalue weighted by atomic mass is 10.4. The predicted molar refractivity (Wildman–Crippen MR) is 58.4 cm³/mol. The van der Waals surface area contributed by atoms with Crippen molar-refractivity contribution in [3.63, 3.8) is 0 Å². The van der Waals surface area contributed by atoms with Crippen LogP contribution in [-0.2, 0) is 0 Å². The maximum absolute atomic E-state index is 4.41. The highest BCUT2D eigenvalue weighted by atomic mass is 32.1. The predicted octanol–water partition coefficient (Wildman–Crippen LogP) is 2.15. The minimum atomic E-state index is 0.665. The van der Waals surface area contributed by atoms with Crippen LogP contribution in [0.15, 0.2) is 36.9 Å². The average Bonchev–Trinajstić information content (AvgIpc) is 2.74. The lowest BCUT2D eigenvalue weighted by molar-refractivity contribution is 1.17. The Kier molecular flexibility index (Phi) is 1.89. The van der Waals surface area contributed by atoms with Gasteiger partial charge in [-0.2, -0.15) is 0 Å². The van der Waals surface area contributed by atoms with Gasteiger partial charge < -0.3 is 0 Å². The van der Waals surface area contributed by atoms with Gasteiger partial charge in [-0.3, -0.25) is 4.98 Å². The van der Waals surface area contributed by atoms with Crippen LogP contribution in [0.25, 0.3) is 21.0 Å². The molecule has 3 aromatic heterocycles. The number of rotatable bonds is 1. The van der Waals surface area contributed by atoms with E-state index in [0.717, 1.165) is 15.2 Å². The van der Waals surface area contributed by atoms with Crippen LogP contribution in [0.5, 0.6) is 0 Å². The normalized spacial score (nSPS) is 10.7. The Bertz CT molecular complexity index is 557. The molecule has 3 rings (SSSR count). The van der Waals surface area contributed by atoms with Crippen molar-refractivity contribution in [3.05, 3.63) is 36.9 Å². The molecule has 3 heterocycles. The van der Waals surface area contributed by atoms with Crippen LogP contribution in [0.1, 0.15) is 0 Å². The minimum Gasteiger partial charge on any atom is -0.262 e. The summed E-state index contributed by atoms with van der Waals surface area (Å²) in [5.41, 5.74) is 0.893. The quantitative estimate of drug-likeness (QED) is 0.622. The van der Waals surface area contributed by atoms with Crippen LogP contribution >= 0.6 is 11.3 Å². The monoisotopic (exact) mass is 214 g/mol. The summed E-state index contributed by atoms with van der Waals surface area (Å²) in [6.07, 6.45) is 6.94. The maximum Gasteiger partial charge on any atom is 0.188 e. The second-order valence-electron chi connectivity index (χ2n) is 2.93. The van der Waals surface area contributed by atoms with Gasteiger partial charge in [-0.05, 0) is 12.1 Å². The molecule has 0 aliphatic heterocycles. The maximum atomic E-state index is 4.41. The third kappa shape index (κ3) is 1.46. The van der Waals surface area contributed by atoms with Gasteiger partial charge in [0.15, 0.2) is 10.8 Å². The first-order valence-electron chi connectivity index (χ1n) is 4.41. The third-order valence-corrected chi connectivity index (χ3v) is 2.98. The zero-order valence-electron chi connectivity index (χ0n) is 7.66. The van der Waals surface area contributed by atoms with E-state index in [4.69, 9.17) is 0 Å². The summed E-state index contributed by atoms with van der Waals surface area (Å²) in [5, 5.41) is 0.832. The SMILES string of the molecule is c1cnc(-c2nc3cnccc3s2)nc1. The Labute approximate surface area is 89.7 Å². The van der Waals surface area contributed by atoms with Crippen LogP contribution in [0.4, 0.5) is 0 Å². The van der Waals surface area contributed by atoms with E-state index in [9.17, 15) is 0 Å². The molecule has 0 aliphatic carbocycles. The molecule has 15 heavy (non-hydrogen) atoms. The number of hydrogen-bond donors (Lipinski definition) is 0. The number of fused-ring (bicyclic) bond motifs is 1. The van der Waals surface area contributed by atoms with Gasteiger partial charge >= 0.3 is 0 Å². The van der Waals surface area contributed by atoms with Crippen LogP contribution in [0, 0.1) is 0 Å². The highest BCUT2D eigenvalue weighted by Crippen LogP contribution is 2.26. The molecular formula is C10H6N4S. The molecule has 0 saturated heterocycles. The molecule has 5 heteroatoms. The molecule has 0 amide bonds.